The van der Waals surface area contributed by atoms with Crippen molar-refractivity contribution < 1.29 is 9.53 Å². The molecule has 0 heterocycles. The molecular weight excluding hydrogens is 296 g/mol. The Balaban J connectivity index is 1.70. The molecule has 0 saturated heterocycles. The molecule has 0 aliphatic heterocycles. The molecular formula is C22H30O2. The summed E-state index contributed by atoms with van der Waals surface area (Å²) >= 11 is 0. The van der Waals surface area contributed by atoms with Crippen LogP contribution < -0.4 is 4.74 Å². The van der Waals surface area contributed by atoms with E-state index in [4.69, 9.17) is 4.74 Å². The predicted octanol–water partition coefficient (Wildman–Crippen LogP) is 5.06. The van der Waals surface area contributed by atoms with Gasteiger partial charge < -0.3 is 4.74 Å². The van der Waals surface area contributed by atoms with Gasteiger partial charge in [-0.1, -0.05) is 6.92 Å². The molecule has 0 aromatic heterocycles. The van der Waals surface area contributed by atoms with Crippen molar-refractivity contribution in [1.82, 2.24) is 0 Å². The van der Waals surface area contributed by atoms with E-state index in [2.05, 4.69) is 26.0 Å². The van der Waals surface area contributed by atoms with Crippen molar-refractivity contribution in [2.24, 2.45) is 23.2 Å². The highest BCUT2D eigenvalue weighted by molar-refractivity contribution is 5.79. The summed E-state index contributed by atoms with van der Waals surface area (Å²) in [6.07, 6.45) is 7.30. The second kappa shape index (κ2) is 5.61. The van der Waals surface area contributed by atoms with E-state index >= 15 is 0 Å². The van der Waals surface area contributed by atoms with E-state index in [1.165, 1.54) is 43.2 Å². The molecule has 0 bridgehead atoms. The maximum atomic E-state index is 12.2. The molecule has 1 aromatic rings. The molecule has 4 rings (SSSR count). The van der Waals surface area contributed by atoms with Crippen molar-refractivity contribution in [3.8, 4) is 5.75 Å². The standard InChI is InChI=1S/C22H30O2/c1-13-11-16(24-4)12-15-5-6-17-18(21(13)15)9-10-22(3)19(14(2)23)7-8-20(17)22/h11-12,17-20H,5-10H2,1-4H3/t17-,18+,19-,20+,22-/m1/s1. The normalized spacial score (nSPS) is 37.3. The summed E-state index contributed by atoms with van der Waals surface area (Å²) in [6.45, 7) is 6.49. The van der Waals surface area contributed by atoms with Crippen LogP contribution in [0, 0.1) is 30.1 Å². The second-order valence-electron chi connectivity index (χ2n) is 8.72. The SMILES string of the molecule is COc1cc(C)c2c(c1)CC[C@@H]1[C@@H]2CC[C@]2(C)[C@@H](C(C)=O)CC[C@@H]12. The summed E-state index contributed by atoms with van der Waals surface area (Å²) in [5, 5.41) is 0. The molecule has 2 heteroatoms. The summed E-state index contributed by atoms with van der Waals surface area (Å²) in [7, 11) is 1.76. The third kappa shape index (κ3) is 2.18. The van der Waals surface area contributed by atoms with Gasteiger partial charge >= 0.3 is 0 Å². The third-order valence-electron chi connectivity index (χ3n) is 7.73. The van der Waals surface area contributed by atoms with Crippen LogP contribution in [-0.2, 0) is 11.2 Å². The molecule has 2 saturated carbocycles. The van der Waals surface area contributed by atoms with Crippen molar-refractivity contribution in [2.75, 3.05) is 7.11 Å². The Kier molecular flexibility index (Phi) is 3.78. The van der Waals surface area contributed by atoms with Gasteiger partial charge in [-0.25, -0.2) is 0 Å². The van der Waals surface area contributed by atoms with Crippen LogP contribution in [0.1, 0.15) is 68.6 Å². The fourth-order valence-electron chi connectivity index (χ4n) is 6.73. The highest BCUT2D eigenvalue weighted by Crippen LogP contribution is 2.63. The average Bonchev–Trinajstić information content (AvgIpc) is 2.91. The minimum atomic E-state index is 0.255. The van der Waals surface area contributed by atoms with Crippen molar-refractivity contribution in [3.05, 3.63) is 28.8 Å². The summed E-state index contributed by atoms with van der Waals surface area (Å²) in [6, 6.07) is 4.47. The van der Waals surface area contributed by atoms with Crippen molar-refractivity contribution in [1.29, 1.82) is 0 Å². The van der Waals surface area contributed by atoms with E-state index in [0.717, 1.165) is 24.0 Å². The molecule has 0 N–H and O–H groups in total. The van der Waals surface area contributed by atoms with Gasteiger partial charge in [0.05, 0.1) is 7.11 Å². The van der Waals surface area contributed by atoms with Crippen molar-refractivity contribution in [3.63, 3.8) is 0 Å². The molecule has 2 fully saturated rings. The Morgan fingerprint density at radius 2 is 2.00 bits per heavy atom. The lowest BCUT2D eigenvalue weighted by atomic mass is 9.53. The fraction of sp³-hybridized carbons (Fsp3) is 0.682. The van der Waals surface area contributed by atoms with Crippen molar-refractivity contribution >= 4 is 5.78 Å². The monoisotopic (exact) mass is 326 g/mol. The number of ether oxygens (including phenoxy) is 1. The molecule has 3 aliphatic carbocycles. The van der Waals surface area contributed by atoms with Crippen molar-refractivity contribution in [2.45, 2.75) is 65.2 Å². The number of hydrogen-bond donors (Lipinski definition) is 0. The molecule has 130 valence electrons. The summed E-state index contributed by atoms with van der Waals surface area (Å²) in [5.74, 6) is 3.94. The van der Waals surface area contributed by atoms with Crippen LogP contribution in [0.25, 0.3) is 0 Å². The van der Waals surface area contributed by atoms with Gasteiger partial charge in [-0.3, -0.25) is 4.79 Å². The number of hydrogen-bond acceptors (Lipinski definition) is 2. The number of methoxy groups -OCH3 is 1. The molecule has 0 amide bonds. The van der Waals surface area contributed by atoms with Gasteiger partial charge in [-0.15, -0.1) is 0 Å². The minimum absolute atomic E-state index is 0.255. The molecule has 1 aromatic carbocycles. The molecule has 0 unspecified atom stereocenters. The van der Waals surface area contributed by atoms with E-state index in [1.54, 1.807) is 12.7 Å². The number of fused-ring (bicyclic) bond motifs is 5. The number of Topliss-reactive ketones (excluding diaryl/α,β-unsaturated/α-hetero) is 1. The predicted molar refractivity (Wildman–Crippen MR) is 96.5 cm³/mol. The van der Waals surface area contributed by atoms with Gasteiger partial charge in [-0.05, 0) is 104 Å². The van der Waals surface area contributed by atoms with E-state index in [1.807, 2.05) is 6.92 Å². The number of carbonyl (C=O) groups excluding carboxylic acids is 1. The lowest BCUT2D eigenvalue weighted by Gasteiger charge is -2.51. The van der Waals surface area contributed by atoms with Crippen LogP contribution in [0.5, 0.6) is 5.75 Å². The van der Waals surface area contributed by atoms with Gasteiger partial charge in [0.25, 0.3) is 0 Å². The van der Waals surface area contributed by atoms with Gasteiger partial charge in [0.2, 0.25) is 0 Å². The molecule has 5 atom stereocenters. The Morgan fingerprint density at radius 1 is 1.21 bits per heavy atom. The maximum absolute atomic E-state index is 12.2. The third-order valence-corrected chi connectivity index (χ3v) is 7.73. The van der Waals surface area contributed by atoms with Crippen LogP contribution in [-0.4, -0.2) is 12.9 Å². The van der Waals surface area contributed by atoms with Crippen LogP contribution in [0.4, 0.5) is 0 Å². The number of benzene rings is 1. The zero-order valence-electron chi connectivity index (χ0n) is 15.5. The van der Waals surface area contributed by atoms with Crippen LogP contribution in [0.3, 0.4) is 0 Å². The van der Waals surface area contributed by atoms with Crippen LogP contribution in [0.2, 0.25) is 0 Å². The van der Waals surface area contributed by atoms with Crippen LogP contribution in [0.15, 0.2) is 12.1 Å². The molecule has 3 aliphatic rings. The summed E-state index contributed by atoms with van der Waals surface area (Å²) < 4.78 is 5.49. The second-order valence-corrected chi connectivity index (χ2v) is 8.72. The Hall–Kier alpha value is -1.31. The van der Waals surface area contributed by atoms with Gasteiger partial charge in [0.15, 0.2) is 0 Å². The van der Waals surface area contributed by atoms with Crippen LogP contribution >= 0.6 is 0 Å². The zero-order chi connectivity index (χ0) is 17.1. The first kappa shape index (κ1) is 16.2. The first-order valence-corrected chi connectivity index (χ1v) is 9.63. The molecule has 24 heavy (non-hydrogen) atoms. The Labute approximate surface area is 146 Å². The highest BCUT2D eigenvalue weighted by Gasteiger charge is 2.55. The molecule has 0 spiro atoms. The topological polar surface area (TPSA) is 26.3 Å². The molecule has 0 radical (unpaired) electrons. The molecule has 2 nitrogen and oxygen atoms in total. The van der Waals surface area contributed by atoms with E-state index in [-0.39, 0.29) is 5.41 Å². The first-order chi connectivity index (χ1) is 11.5. The number of aryl methyl sites for hydroxylation is 2. The fourth-order valence-corrected chi connectivity index (χ4v) is 6.73. The average molecular weight is 326 g/mol. The zero-order valence-corrected chi connectivity index (χ0v) is 15.5. The summed E-state index contributed by atoms with van der Waals surface area (Å²) in [4.78, 5) is 12.2. The van der Waals surface area contributed by atoms with Gasteiger partial charge in [0, 0.05) is 5.92 Å². The largest absolute Gasteiger partial charge is 0.497 e. The minimum Gasteiger partial charge on any atom is -0.497 e. The lowest BCUT2D eigenvalue weighted by Crippen LogP contribution is -2.43. The first-order valence-electron chi connectivity index (χ1n) is 9.63. The van der Waals surface area contributed by atoms with E-state index in [9.17, 15) is 4.79 Å². The lowest BCUT2D eigenvalue weighted by molar-refractivity contribution is -0.125. The quantitative estimate of drug-likeness (QED) is 0.759. The Morgan fingerprint density at radius 3 is 2.71 bits per heavy atom. The van der Waals surface area contributed by atoms with E-state index in [0.29, 0.717) is 17.6 Å². The highest BCUT2D eigenvalue weighted by atomic mass is 16.5. The number of ketones is 1. The van der Waals surface area contributed by atoms with Gasteiger partial charge in [-0.2, -0.15) is 0 Å². The summed E-state index contributed by atoms with van der Waals surface area (Å²) in [5.41, 5.74) is 4.78. The van der Waals surface area contributed by atoms with Gasteiger partial charge in [0.1, 0.15) is 11.5 Å². The maximum Gasteiger partial charge on any atom is 0.133 e. The Bertz CT molecular complexity index is 677. The number of carbonyl (C=O) groups is 1. The van der Waals surface area contributed by atoms with E-state index < -0.39 is 0 Å². The smallest absolute Gasteiger partial charge is 0.133 e. The number of rotatable bonds is 2.